The van der Waals surface area contributed by atoms with Gasteiger partial charge in [0.2, 0.25) is 0 Å². The third-order valence-corrected chi connectivity index (χ3v) is 4.65. The zero-order valence-electron chi connectivity index (χ0n) is 13.5. The molecule has 0 spiro atoms. The van der Waals surface area contributed by atoms with Gasteiger partial charge in [0.25, 0.3) is 0 Å². The van der Waals surface area contributed by atoms with E-state index in [0.29, 0.717) is 17.8 Å². The molecule has 0 aromatic rings. The first-order chi connectivity index (χ1) is 10.4. The Morgan fingerprint density at radius 3 is 2.73 bits per heavy atom. The molecule has 22 heavy (non-hydrogen) atoms. The summed E-state index contributed by atoms with van der Waals surface area (Å²) in [7, 11) is 0. The number of esters is 1. The lowest BCUT2D eigenvalue weighted by Gasteiger charge is -2.37. The summed E-state index contributed by atoms with van der Waals surface area (Å²) in [6.07, 6.45) is 6.43. The number of carbonyl (C=O) groups excluding carboxylic acids is 1. The van der Waals surface area contributed by atoms with Crippen LogP contribution in [0.2, 0.25) is 0 Å². The minimum absolute atomic E-state index is 0.0655. The molecule has 1 saturated carbocycles. The fraction of sp³-hybridized carbons (Fsp3) is 0.647. The molecule has 5 nitrogen and oxygen atoms in total. The van der Waals surface area contributed by atoms with E-state index >= 15 is 0 Å². The fourth-order valence-corrected chi connectivity index (χ4v) is 3.33. The van der Waals surface area contributed by atoms with Crippen LogP contribution >= 0.6 is 0 Å². The Hall–Kier alpha value is -1.78. The normalized spacial score (nSPS) is 28.5. The van der Waals surface area contributed by atoms with Gasteiger partial charge in [-0.1, -0.05) is 33.3 Å². The van der Waals surface area contributed by atoms with Crippen molar-refractivity contribution in [1.29, 1.82) is 0 Å². The lowest BCUT2D eigenvalue weighted by molar-refractivity contribution is -0.152. The van der Waals surface area contributed by atoms with Gasteiger partial charge in [0.1, 0.15) is 11.8 Å². The van der Waals surface area contributed by atoms with Crippen LogP contribution in [0.15, 0.2) is 23.5 Å². The van der Waals surface area contributed by atoms with Crippen molar-refractivity contribution in [3.8, 4) is 0 Å². The number of hydrogen-bond donors (Lipinski definition) is 2. The van der Waals surface area contributed by atoms with Crippen LogP contribution in [0.25, 0.3) is 0 Å². The molecule has 0 saturated heterocycles. The van der Waals surface area contributed by atoms with Gasteiger partial charge >= 0.3 is 11.9 Å². The smallest absolute Gasteiger partial charge is 0.355 e. The summed E-state index contributed by atoms with van der Waals surface area (Å²) in [5.41, 5.74) is 0.133. The van der Waals surface area contributed by atoms with Gasteiger partial charge < -0.3 is 15.2 Å². The van der Waals surface area contributed by atoms with Gasteiger partial charge in [-0.15, -0.1) is 0 Å². The predicted octanol–water partition coefficient (Wildman–Crippen LogP) is 2.84. The monoisotopic (exact) mass is 307 g/mol. The van der Waals surface area contributed by atoms with Crippen LogP contribution in [0.3, 0.4) is 0 Å². The third-order valence-electron chi connectivity index (χ3n) is 4.65. The van der Waals surface area contributed by atoms with Gasteiger partial charge in [-0.2, -0.15) is 0 Å². The molecule has 0 bridgehead atoms. The highest BCUT2D eigenvalue weighted by Gasteiger charge is 2.35. The Balaban J connectivity index is 2.13. The standard InChI is InChI=1S/C17H25NO4/c1-10(2)12-7-6-11(3)9-14(12)22-17(21)15-13(16(19)20)5-4-8-18-15/h4,8,10-12,14,18H,5-7,9H2,1-3H3,(H,19,20). The van der Waals surface area contributed by atoms with E-state index in [4.69, 9.17) is 4.74 Å². The summed E-state index contributed by atoms with van der Waals surface area (Å²) in [6.45, 7) is 6.46. The molecule has 1 aliphatic heterocycles. The molecule has 0 aromatic carbocycles. The average Bonchev–Trinajstić information content (AvgIpc) is 2.46. The second-order valence-corrected chi connectivity index (χ2v) is 6.68. The Labute approximate surface area is 131 Å². The first-order valence-corrected chi connectivity index (χ1v) is 7.99. The zero-order chi connectivity index (χ0) is 16.3. The highest BCUT2D eigenvalue weighted by Crippen LogP contribution is 2.35. The van der Waals surface area contributed by atoms with E-state index in [9.17, 15) is 14.7 Å². The molecule has 2 N–H and O–H groups in total. The minimum atomic E-state index is -1.08. The number of allylic oxidation sites excluding steroid dienone is 1. The topological polar surface area (TPSA) is 75.6 Å². The van der Waals surface area contributed by atoms with E-state index in [2.05, 4.69) is 26.1 Å². The van der Waals surface area contributed by atoms with Crippen molar-refractivity contribution in [3.63, 3.8) is 0 Å². The maximum absolute atomic E-state index is 12.4. The number of ether oxygens (including phenoxy) is 1. The largest absolute Gasteiger partial charge is 0.478 e. The quantitative estimate of drug-likeness (QED) is 0.781. The lowest BCUT2D eigenvalue weighted by atomic mass is 9.75. The second kappa shape index (κ2) is 6.99. The molecule has 1 aliphatic carbocycles. The molecule has 0 aromatic heterocycles. The molecule has 3 atom stereocenters. The van der Waals surface area contributed by atoms with Gasteiger partial charge in [-0.25, -0.2) is 9.59 Å². The van der Waals surface area contributed by atoms with Crippen LogP contribution in [0.4, 0.5) is 0 Å². The van der Waals surface area contributed by atoms with Crippen molar-refractivity contribution >= 4 is 11.9 Å². The fourth-order valence-electron chi connectivity index (χ4n) is 3.33. The molecule has 122 valence electrons. The number of nitrogens with one attached hydrogen (secondary N) is 1. The van der Waals surface area contributed by atoms with Crippen molar-refractivity contribution in [2.45, 2.75) is 52.6 Å². The number of carbonyl (C=O) groups is 2. The number of hydrogen-bond acceptors (Lipinski definition) is 4. The second-order valence-electron chi connectivity index (χ2n) is 6.68. The molecule has 2 aliphatic rings. The van der Waals surface area contributed by atoms with Gasteiger partial charge in [0.05, 0.1) is 5.57 Å². The Bertz CT molecular complexity index is 507. The van der Waals surface area contributed by atoms with E-state index in [0.717, 1.165) is 19.3 Å². The van der Waals surface area contributed by atoms with Crippen LogP contribution in [0, 0.1) is 17.8 Å². The summed E-state index contributed by atoms with van der Waals surface area (Å²) in [6, 6.07) is 0. The maximum atomic E-state index is 12.4. The maximum Gasteiger partial charge on any atom is 0.355 e. The predicted molar refractivity (Wildman–Crippen MR) is 82.8 cm³/mol. The molecule has 2 rings (SSSR count). The van der Waals surface area contributed by atoms with Crippen molar-refractivity contribution < 1.29 is 19.4 Å². The number of aliphatic carboxylic acids is 1. The van der Waals surface area contributed by atoms with E-state index in [1.165, 1.54) is 0 Å². The summed E-state index contributed by atoms with van der Waals surface area (Å²) in [5.74, 6) is -0.321. The zero-order valence-corrected chi connectivity index (χ0v) is 13.5. The molecular weight excluding hydrogens is 282 g/mol. The number of rotatable bonds is 4. The van der Waals surface area contributed by atoms with E-state index in [-0.39, 0.29) is 23.8 Å². The molecule has 0 radical (unpaired) electrons. The van der Waals surface area contributed by atoms with Crippen LogP contribution in [0.5, 0.6) is 0 Å². The number of carboxylic acids is 1. The van der Waals surface area contributed by atoms with Gasteiger partial charge in [0.15, 0.2) is 0 Å². The summed E-state index contributed by atoms with van der Waals surface area (Å²) < 4.78 is 5.70. The number of carboxylic acid groups (broad SMARTS) is 1. The van der Waals surface area contributed by atoms with Gasteiger partial charge in [-0.05, 0) is 36.8 Å². The van der Waals surface area contributed by atoms with Gasteiger partial charge in [-0.3, -0.25) is 0 Å². The Morgan fingerprint density at radius 2 is 2.09 bits per heavy atom. The van der Waals surface area contributed by atoms with E-state index in [1.807, 2.05) is 0 Å². The first kappa shape index (κ1) is 16.6. The van der Waals surface area contributed by atoms with Crippen LogP contribution in [0.1, 0.15) is 46.5 Å². The lowest BCUT2D eigenvalue weighted by Crippen LogP contribution is -2.37. The van der Waals surface area contributed by atoms with Gasteiger partial charge in [0, 0.05) is 6.42 Å². The highest BCUT2D eigenvalue weighted by molar-refractivity contribution is 5.99. The van der Waals surface area contributed by atoms with E-state index < -0.39 is 11.9 Å². The molecule has 1 heterocycles. The summed E-state index contributed by atoms with van der Waals surface area (Å²) >= 11 is 0. The van der Waals surface area contributed by atoms with E-state index in [1.54, 1.807) is 12.3 Å². The summed E-state index contributed by atoms with van der Waals surface area (Å²) in [5, 5.41) is 11.9. The highest BCUT2D eigenvalue weighted by atomic mass is 16.5. The first-order valence-electron chi connectivity index (χ1n) is 7.99. The van der Waals surface area contributed by atoms with Crippen molar-refractivity contribution in [3.05, 3.63) is 23.5 Å². The molecule has 1 fully saturated rings. The van der Waals surface area contributed by atoms with Crippen molar-refractivity contribution in [2.24, 2.45) is 17.8 Å². The van der Waals surface area contributed by atoms with Crippen molar-refractivity contribution in [1.82, 2.24) is 5.32 Å². The van der Waals surface area contributed by atoms with Crippen LogP contribution in [-0.2, 0) is 14.3 Å². The minimum Gasteiger partial charge on any atom is -0.478 e. The SMILES string of the molecule is CC1CCC(C(C)C)C(OC(=O)C2=C(C(=O)O)CC=CN2)C1. The third kappa shape index (κ3) is 3.70. The molecule has 3 unspecified atom stereocenters. The number of dihydropyridines is 1. The molecule has 5 heteroatoms. The Morgan fingerprint density at radius 1 is 1.36 bits per heavy atom. The Kier molecular flexibility index (Phi) is 5.27. The van der Waals surface area contributed by atoms with Crippen LogP contribution < -0.4 is 5.32 Å². The molecular formula is C17H25NO4. The summed E-state index contributed by atoms with van der Waals surface area (Å²) in [4.78, 5) is 23.7. The van der Waals surface area contributed by atoms with Crippen LogP contribution in [-0.4, -0.2) is 23.1 Å². The molecule has 0 amide bonds. The average molecular weight is 307 g/mol. The van der Waals surface area contributed by atoms with Crippen molar-refractivity contribution in [2.75, 3.05) is 0 Å².